The van der Waals surface area contributed by atoms with Gasteiger partial charge in [0.15, 0.2) is 5.82 Å². The van der Waals surface area contributed by atoms with Crippen LogP contribution in [0.25, 0.3) is 0 Å². The average Bonchev–Trinajstić information content (AvgIpc) is 2.60. The zero-order valence-electron chi connectivity index (χ0n) is 11.2. The molecule has 1 saturated carbocycles. The van der Waals surface area contributed by atoms with E-state index in [1.807, 2.05) is 13.1 Å². The monoisotopic (exact) mass is 271 g/mol. The fourth-order valence-electron chi connectivity index (χ4n) is 2.48. The Bertz CT molecular complexity index is 460. The lowest BCUT2D eigenvalue weighted by molar-refractivity contribution is -0.118. The number of hydrogen-bond acceptors (Lipinski definition) is 2. The molecule has 106 valence electrons. The number of aryl methyl sites for hydroxylation is 2. The highest BCUT2D eigenvalue weighted by atomic mass is 19.3. The Morgan fingerprint density at radius 3 is 2.68 bits per heavy atom. The molecule has 0 saturated heterocycles. The molecule has 1 N–H and O–H groups in total. The molecule has 0 bridgehead atoms. The molecule has 0 radical (unpaired) electrons. The first-order chi connectivity index (χ1) is 8.85. The van der Waals surface area contributed by atoms with Crippen LogP contribution in [0.3, 0.4) is 0 Å². The molecule has 4 nitrogen and oxygen atoms in total. The smallest absolute Gasteiger partial charge is 0.248 e. The Balaban J connectivity index is 1.84. The summed E-state index contributed by atoms with van der Waals surface area (Å²) in [5.41, 5.74) is 0.894. The van der Waals surface area contributed by atoms with E-state index in [-0.39, 0.29) is 24.7 Å². The molecule has 6 heteroatoms. The Hall–Kier alpha value is -1.46. The first-order valence-electron chi connectivity index (χ1n) is 6.54. The third-order valence-electron chi connectivity index (χ3n) is 3.58. The third-order valence-corrected chi connectivity index (χ3v) is 3.58. The number of nitrogens with zero attached hydrogens (tertiary/aromatic N) is 2. The number of carbonyl (C=O) groups excluding carboxylic acids is 1. The van der Waals surface area contributed by atoms with Gasteiger partial charge in [-0.15, -0.1) is 0 Å². The van der Waals surface area contributed by atoms with Gasteiger partial charge >= 0.3 is 0 Å². The van der Waals surface area contributed by atoms with E-state index in [1.54, 1.807) is 11.7 Å². The van der Waals surface area contributed by atoms with Crippen molar-refractivity contribution in [3.63, 3.8) is 0 Å². The maximum Gasteiger partial charge on any atom is 0.248 e. The second-order valence-corrected chi connectivity index (χ2v) is 5.39. The van der Waals surface area contributed by atoms with E-state index in [4.69, 9.17) is 0 Å². The molecule has 19 heavy (non-hydrogen) atoms. The summed E-state index contributed by atoms with van der Waals surface area (Å²) in [5, 5.41) is 6.87. The van der Waals surface area contributed by atoms with Gasteiger partial charge in [0.25, 0.3) is 0 Å². The Kier molecular flexibility index (Phi) is 3.87. The standard InChI is InChI=1S/C13H19F2N3O/c1-9-8-18(2)17-12(9)16-11(19)7-10-3-5-13(14,15)6-4-10/h8,10H,3-7H2,1-2H3,(H,16,17,19). The van der Waals surface area contributed by atoms with E-state index < -0.39 is 5.92 Å². The molecular weight excluding hydrogens is 252 g/mol. The Labute approximate surface area is 111 Å². The lowest BCUT2D eigenvalue weighted by atomic mass is 9.84. The molecular formula is C13H19F2N3O. The maximum atomic E-state index is 13.0. The van der Waals surface area contributed by atoms with Crippen LogP contribution < -0.4 is 5.32 Å². The largest absolute Gasteiger partial charge is 0.309 e. The van der Waals surface area contributed by atoms with Gasteiger partial charge in [0.1, 0.15) is 0 Å². The summed E-state index contributed by atoms with van der Waals surface area (Å²) in [5.74, 6) is -2.07. The number of carbonyl (C=O) groups is 1. The molecule has 0 aromatic carbocycles. The van der Waals surface area contributed by atoms with Crippen molar-refractivity contribution in [2.24, 2.45) is 13.0 Å². The highest BCUT2D eigenvalue weighted by molar-refractivity contribution is 5.90. The second kappa shape index (κ2) is 5.27. The maximum absolute atomic E-state index is 13.0. The highest BCUT2D eigenvalue weighted by Crippen LogP contribution is 2.37. The molecule has 0 atom stereocenters. The summed E-state index contributed by atoms with van der Waals surface area (Å²) in [6.07, 6.45) is 2.74. The van der Waals surface area contributed by atoms with Crippen LogP contribution in [0.5, 0.6) is 0 Å². The van der Waals surface area contributed by atoms with Crippen molar-refractivity contribution < 1.29 is 13.6 Å². The predicted octanol–water partition coefficient (Wildman–Crippen LogP) is 2.88. The fraction of sp³-hybridized carbons (Fsp3) is 0.692. The van der Waals surface area contributed by atoms with Gasteiger partial charge in [-0.05, 0) is 25.7 Å². The Morgan fingerprint density at radius 1 is 1.53 bits per heavy atom. The van der Waals surface area contributed by atoms with Gasteiger partial charge in [-0.3, -0.25) is 9.48 Å². The molecule has 1 aromatic heterocycles. The van der Waals surface area contributed by atoms with Crippen molar-refractivity contribution in [3.8, 4) is 0 Å². The minimum absolute atomic E-state index is 0.0589. The third kappa shape index (κ3) is 3.75. The number of rotatable bonds is 3. The summed E-state index contributed by atoms with van der Waals surface area (Å²) in [6.45, 7) is 1.86. The molecule has 1 aromatic rings. The first-order valence-corrected chi connectivity index (χ1v) is 6.54. The summed E-state index contributed by atoms with van der Waals surface area (Å²) in [4.78, 5) is 11.9. The average molecular weight is 271 g/mol. The van der Waals surface area contributed by atoms with E-state index >= 15 is 0 Å². The zero-order chi connectivity index (χ0) is 14.0. The summed E-state index contributed by atoms with van der Waals surface area (Å²) < 4.78 is 27.6. The Morgan fingerprint density at radius 2 is 2.16 bits per heavy atom. The van der Waals surface area contributed by atoms with Crippen molar-refractivity contribution in [3.05, 3.63) is 11.8 Å². The van der Waals surface area contributed by atoms with Crippen LogP contribution in [0.15, 0.2) is 6.20 Å². The number of anilines is 1. The topological polar surface area (TPSA) is 46.9 Å². The van der Waals surface area contributed by atoms with Crippen molar-refractivity contribution in [1.29, 1.82) is 0 Å². The summed E-state index contributed by atoms with van der Waals surface area (Å²) >= 11 is 0. The molecule has 1 heterocycles. The van der Waals surface area contributed by atoms with E-state index in [2.05, 4.69) is 10.4 Å². The molecule has 0 unspecified atom stereocenters. The van der Waals surface area contributed by atoms with Crippen LogP contribution in [-0.4, -0.2) is 21.6 Å². The van der Waals surface area contributed by atoms with Crippen LogP contribution in [0.1, 0.15) is 37.7 Å². The SMILES string of the molecule is Cc1cn(C)nc1NC(=O)CC1CCC(F)(F)CC1. The van der Waals surface area contributed by atoms with E-state index in [9.17, 15) is 13.6 Å². The number of alkyl halides is 2. The lowest BCUT2D eigenvalue weighted by Gasteiger charge is -2.27. The van der Waals surface area contributed by atoms with E-state index in [1.165, 1.54) is 0 Å². The van der Waals surface area contributed by atoms with Crippen molar-refractivity contribution in [2.75, 3.05) is 5.32 Å². The minimum Gasteiger partial charge on any atom is -0.309 e. The molecule has 0 spiro atoms. The van der Waals surface area contributed by atoms with Crippen molar-refractivity contribution >= 4 is 11.7 Å². The number of amides is 1. The van der Waals surface area contributed by atoms with Crippen LogP contribution in [0.4, 0.5) is 14.6 Å². The van der Waals surface area contributed by atoms with Gasteiger partial charge < -0.3 is 5.32 Å². The molecule has 1 amide bonds. The molecule has 2 rings (SSSR count). The van der Waals surface area contributed by atoms with Gasteiger partial charge in [0, 0.05) is 38.1 Å². The quantitative estimate of drug-likeness (QED) is 0.918. The van der Waals surface area contributed by atoms with E-state index in [0.717, 1.165) is 5.56 Å². The van der Waals surface area contributed by atoms with Crippen LogP contribution in [0.2, 0.25) is 0 Å². The van der Waals surface area contributed by atoms with Gasteiger partial charge in [-0.2, -0.15) is 5.10 Å². The number of hydrogen-bond donors (Lipinski definition) is 1. The van der Waals surface area contributed by atoms with Gasteiger partial charge in [0.05, 0.1) is 0 Å². The zero-order valence-corrected chi connectivity index (χ0v) is 11.2. The second-order valence-electron chi connectivity index (χ2n) is 5.39. The highest BCUT2D eigenvalue weighted by Gasteiger charge is 2.35. The lowest BCUT2D eigenvalue weighted by Crippen LogP contribution is -2.27. The normalized spacial score (nSPS) is 19.4. The summed E-state index contributed by atoms with van der Waals surface area (Å²) in [7, 11) is 1.78. The van der Waals surface area contributed by atoms with Crippen LogP contribution >= 0.6 is 0 Å². The number of nitrogens with one attached hydrogen (secondary N) is 1. The molecule has 1 fully saturated rings. The molecule has 1 aliphatic rings. The van der Waals surface area contributed by atoms with E-state index in [0.29, 0.717) is 25.1 Å². The first kappa shape index (κ1) is 14.0. The van der Waals surface area contributed by atoms with Crippen molar-refractivity contribution in [1.82, 2.24) is 9.78 Å². The van der Waals surface area contributed by atoms with Gasteiger partial charge in [-0.1, -0.05) is 0 Å². The van der Waals surface area contributed by atoms with Crippen molar-refractivity contribution in [2.45, 2.75) is 45.0 Å². The minimum atomic E-state index is -2.54. The number of aromatic nitrogens is 2. The molecule has 1 aliphatic carbocycles. The predicted molar refractivity (Wildman–Crippen MR) is 68.1 cm³/mol. The van der Waals surface area contributed by atoms with Gasteiger partial charge in [-0.25, -0.2) is 8.78 Å². The van der Waals surface area contributed by atoms with Gasteiger partial charge in [0.2, 0.25) is 11.8 Å². The van der Waals surface area contributed by atoms with Crippen LogP contribution in [0, 0.1) is 12.8 Å². The summed E-state index contributed by atoms with van der Waals surface area (Å²) in [6, 6.07) is 0. The fourth-order valence-corrected chi connectivity index (χ4v) is 2.48. The number of halogens is 2. The molecule has 0 aliphatic heterocycles. The van der Waals surface area contributed by atoms with Crippen LogP contribution in [-0.2, 0) is 11.8 Å².